The Morgan fingerprint density at radius 1 is 0.667 bits per heavy atom. The molecule has 0 fully saturated rings. The quantitative estimate of drug-likeness (QED) is 0.277. The van der Waals surface area contributed by atoms with Crippen LogP contribution in [0.15, 0.2) is 97.2 Å². The Hall–Kier alpha value is -4.45. The number of hydrogen-bond donors (Lipinski definition) is 1. The molecule has 0 spiro atoms. The van der Waals surface area contributed by atoms with Crippen molar-refractivity contribution in [3.8, 4) is 33.8 Å². The molecule has 0 unspecified atom stereocenters. The Kier molecular flexibility index (Phi) is 5.11. The summed E-state index contributed by atoms with van der Waals surface area (Å²) in [6, 6.07) is 26.9. The second kappa shape index (κ2) is 8.34. The van der Waals surface area contributed by atoms with E-state index >= 15 is 0 Å². The van der Waals surface area contributed by atoms with E-state index < -0.39 is 11.7 Å². The molecule has 3 heterocycles. The van der Waals surface area contributed by atoms with E-state index in [1.165, 1.54) is 12.1 Å². The van der Waals surface area contributed by atoms with Gasteiger partial charge in [0.05, 0.1) is 33.7 Å². The molecule has 6 aromatic rings. The van der Waals surface area contributed by atoms with E-state index in [0.29, 0.717) is 22.0 Å². The van der Waals surface area contributed by atoms with Gasteiger partial charge in [0.1, 0.15) is 0 Å². The zero-order valence-corrected chi connectivity index (χ0v) is 19.3. The zero-order valence-electron chi connectivity index (χ0n) is 19.3. The first kappa shape index (κ1) is 22.0. The molecule has 6 heteroatoms. The predicted octanol–water partition coefficient (Wildman–Crippen LogP) is 8.44. The van der Waals surface area contributed by atoms with Crippen LogP contribution in [0.5, 0.6) is 0 Å². The largest absolute Gasteiger partial charge is 0.416 e. The number of alkyl halides is 3. The molecule has 0 radical (unpaired) electrons. The van der Waals surface area contributed by atoms with Crippen LogP contribution < -0.4 is 0 Å². The van der Waals surface area contributed by atoms with Crippen LogP contribution in [-0.2, 0) is 6.18 Å². The molecular formula is C30H20F3N3. The summed E-state index contributed by atoms with van der Waals surface area (Å²) in [4.78, 5) is 12.7. The second-order valence-electron chi connectivity index (χ2n) is 8.79. The van der Waals surface area contributed by atoms with E-state index in [1.807, 2.05) is 85.8 Å². The van der Waals surface area contributed by atoms with E-state index in [2.05, 4.69) is 9.97 Å². The Morgan fingerprint density at radius 2 is 1.36 bits per heavy atom. The van der Waals surface area contributed by atoms with Crippen molar-refractivity contribution >= 4 is 21.8 Å². The predicted molar refractivity (Wildman–Crippen MR) is 137 cm³/mol. The third-order valence-corrected chi connectivity index (χ3v) is 6.33. The van der Waals surface area contributed by atoms with Crippen LogP contribution in [0.25, 0.3) is 55.6 Å². The molecule has 0 aliphatic carbocycles. The normalized spacial score (nSPS) is 11.9. The number of hydrogen-bond acceptors (Lipinski definition) is 2. The van der Waals surface area contributed by atoms with Crippen molar-refractivity contribution in [1.29, 1.82) is 0 Å². The van der Waals surface area contributed by atoms with Crippen LogP contribution in [-0.4, -0.2) is 15.0 Å². The molecule has 1 N–H and O–H groups in total. The van der Waals surface area contributed by atoms with Gasteiger partial charge in [-0.3, -0.25) is 4.98 Å². The Balaban J connectivity index is 1.65. The molecule has 3 aromatic heterocycles. The van der Waals surface area contributed by atoms with E-state index in [1.54, 1.807) is 6.20 Å². The highest BCUT2D eigenvalue weighted by molar-refractivity contribution is 6.15. The SMILES string of the molecule is Cc1cc(-c2cccc(-c3ccccn3)n2)c2[nH]c3c(-c4ccccc4)cc(C(F)(F)F)cc3c2c1. The summed E-state index contributed by atoms with van der Waals surface area (Å²) in [6.07, 6.45) is -2.75. The molecule has 0 saturated heterocycles. The van der Waals surface area contributed by atoms with Gasteiger partial charge in [0.2, 0.25) is 0 Å². The number of aryl methyl sites for hydroxylation is 1. The summed E-state index contributed by atoms with van der Waals surface area (Å²) in [6.45, 7) is 1.94. The lowest BCUT2D eigenvalue weighted by Gasteiger charge is -2.11. The van der Waals surface area contributed by atoms with Crippen LogP contribution in [0.3, 0.4) is 0 Å². The zero-order chi connectivity index (χ0) is 24.9. The topological polar surface area (TPSA) is 41.6 Å². The molecule has 176 valence electrons. The van der Waals surface area contributed by atoms with Crippen molar-refractivity contribution in [2.45, 2.75) is 13.1 Å². The first-order valence-electron chi connectivity index (χ1n) is 11.5. The summed E-state index contributed by atoms with van der Waals surface area (Å²) in [5, 5.41) is 1.26. The van der Waals surface area contributed by atoms with E-state index in [9.17, 15) is 13.2 Å². The van der Waals surface area contributed by atoms with Gasteiger partial charge in [-0.15, -0.1) is 0 Å². The third kappa shape index (κ3) is 3.81. The van der Waals surface area contributed by atoms with Crippen molar-refractivity contribution in [2.24, 2.45) is 0 Å². The first-order valence-corrected chi connectivity index (χ1v) is 11.5. The Bertz CT molecular complexity index is 1720. The molecule has 3 aromatic carbocycles. The highest BCUT2D eigenvalue weighted by atomic mass is 19.4. The number of nitrogens with one attached hydrogen (secondary N) is 1. The maximum Gasteiger partial charge on any atom is 0.416 e. The number of halogens is 3. The molecule has 3 nitrogen and oxygen atoms in total. The van der Waals surface area contributed by atoms with Crippen LogP contribution >= 0.6 is 0 Å². The fourth-order valence-corrected chi connectivity index (χ4v) is 4.70. The van der Waals surface area contributed by atoms with E-state index in [-0.39, 0.29) is 0 Å². The number of benzene rings is 3. The molecule has 6 rings (SSSR count). The molecular weight excluding hydrogens is 459 g/mol. The number of fused-ring (bicyclic) bond motifs is 3. The monoisotopic (exact) mass is 479 g/mol. The van der Waals surface area contributed by atoms with Gasteiger partial charge in [-0.1, -0.05) is 42.5 Å². The maximum absolute atomic E-state index is 13.9. The first-order chi connectivity index (χ1) is 17.4. The number of aromatic amines is 1. The van der Waals surface area contributed by atoms with Crippen molar-refractivity contribution in [3.63, 3.8) is 0 Å². The Morgan fingerprint density at radius 3 is 2.11 bits per heavy atom. The van der Waals surface area contributed by atoms with Gasteiger partial charge in [0.15, 0.2) is 0 Å². The van der Waals surface area contributed by atoms with Crippen molar-refractivity contribution in [2.75, 3.05) is 0 Å². The van der Waals surface area contributed by atoms with Crippen molar-refractivity contribution in [3.05, 3.63) is 108 Å². The average Bonchev–Trinajstić information content (AvgIpc) is 3.27. The minimum Gasteiger partial charge on any atom is -0.353 e. The third-order valence-electron chi connectivity index (χ3n) is 6.33. The lowest BCUT2D eigenvalue weighted by molar-refractivity contribution is -0.137. The minimum atomic E-state index is -4.47. The van der Waals surface area contributed by atoms with Gasteiger partial charge < -0.3 is 4.98 Å². The Labute approximate surface area is 205 Å². The average molecular weight is 480 g/mol. The minimum absolute atomic E-state index is 0.510. The van der Waals surface area contributed by atoms with Crippen molar-refractivity contribution in [1.82, 2.24) is 15.0 Å². The summed E-state index contributed by atoms with van der Waals surface area (Å²) in [7, 11) is 0. The van der Waals surface area contributed by atoms with Gasteiger partial charge in [-0.25, -0.2) is 4.98 Å². The summed E-state index contributed by atoms with van der Waals surface area (Å²) < 4.78 is 41.8. The summed E-state index contributed by atoms with van der Waals surface area (Å²) in [5.74, 6) is 0. The van der Waals surface area contributed by atoms with Crippen LogP contribution in [0.4, 0.5) is 13.2 Å². The van der Waals surface area contributed by atoms with Crippen LogP contribution in [0.2, 0.25) is 0 Å². The number of nitrogens with zero attached hydrogens (tertiary/aromatic N) is 2. The molecule has 0 bridgehead atoms. The highest BCUT2D eigenvalue weighted by Gasteiger charge is 2.32. The molecule has 36 heavy (non-hydrogen) atoms. The molecule has 0 amide bonds. The number of rotatable bonds is 3. The van der Waals surface area contributed by atoms with Gasteiger partial charge in [-0.2, -0.15) is 13.2 Å². The molecule has 0 aliphatic rings. The maximum atomic E-state index is 13.9. The number of H-pyrrole nitrogens is 1. The molecule has 0 atom stereocenters. The van der Waals surface area contributed by atoms with Crippen LogP contribution in [0.1, 0.15) is 11.1 Å². The number of aromatic nitrogens is 3. The van der Waals surface area contributed by atoms with Gasteiger partial charge in [-0.05, 0) is 66.6 Å². The molecule has 0 saturated carbocycles. The smallest absolute Gasteiger partial charge is 0.353 e. The van der Waals surface area contributed by atoms with E-state index in [0.717, 1.165) is 39.1 Å². The standard InChI is InChI=1S/C30H20F3N3/c1-18-14-22-23-17-20(30(31,32)33)16-21(19-8-3-2-4-9-19)28(23)36-29(22)24(15-18)25-11-7-12-27(35-25)26-10-5-6-13-34-26/h2-17,36H,1H3. The molecule has 0 aliphatic heterocycles. The second-order valence-corrected chi connectivity index (χ2v) is 8.79. The van der Waals surface area contributed by atoms with Gasteiger partial charge in [0, 0.05) is 28.1 Å². The lowest BCUT2D eigenvalue weighted by atomic mass is 9.97. The highest BCUT2D eigenvalue weighted by Crippen LogP contribution is 2.42. The van der Waals surface area contributed by atoms with E-state index in [4.69, 9.17) is 4.98 Å². The summed E-state index contributed by atoms with van der Waals surface area (Å²) in [5.41, 5.74) is 5.92. The number of pyridine rings is 2. The fraction of sp³-hybridized carbons (Fsp3) is 0.0667. The fourth-order valence-electron chi connectivity index (χ4n) is 4.70. The van der Waals surface area contributed by atoms with Gasteiger partial charge in [0.25, 0.3) is 0 Å². The van der Waals surface area contributed by atoms with Crippen molar-refractivity contribution < 1.29 is 13.2 Å². The lowest BCUT2D eigenvalue weighted by Crippen LogP contribution is -2.05. The summed E-state index contributed by atoms with van der Waals surface area (Å²) >= 11 is 0. The van der Waals surface area contributed by atoms with Gasteiger partial charge >= 0.3 is 6.18 Å². The van der Waals surface area contributed by atoms with Crippen LogP contribution in [0, 0.1) is 6.92 Å².